The highest BCUT2D eigenvalue weighted by atomic mass is 35.5. The van der Waals surface area contributed by atoms with Crippen molar-refractivity contribution in [3.8, 4) is 11.8 Å². The maximum Gasteiger partial charge on any atom is 0.316 e. The van der Waals surface area contributed by atoms with E-state index in [0.29, 0.717) is 17.6 Å². The van der Waals surface area contributed by atoms with E-state index < -0.39 is 5.41 Å². The molecule has 1 aliphatic carbocycles. The van der Waals surface area contributed by atoms with Crippen molar-refractivity contribution in [1.29, 1.82) is 0 Å². The maximum atomic E-state index is 13.4. The molecule has 0 radical (unpaired) electrons. The van der Waals surface area contributed by atoms with Crippen molar-refractivity contribution in [2.45, 2.75) is 37.2 Å². The van der Waals surface area contributed by atoms with E-state index in [9.17, 15) is 4.79 Å². The Balaban J connectivity index is 1.48. The first-order valence-electron chi connectivity index (χ1n) is 9.19. The van der Waals surface area contributed by atoms with Crippen molar-refractivity contribution in [2.24, 2.45) is 0 Å². The van der Waals surface area contributed by atoms with Crippen LogP contribution in [0.15, 0.2) is 36.7 Å². The number of para-hydroxylation sites is 1. The summed E-state index contributed by atoms with van der Waals surface area (Å²) in [5.74, 6) is 0.944. The number of halogens is 1. The molecule has 2 aromatic rings. The molecule has 27 heavy (non-hydrogen) atoms. The summed E-state index contributed by atoms with van der Waals surface area (Å²) < 4.78 is 11.4. The van der Waals surface area contributed by atoms with E-state index in [2.05, 4.69) is 9.97 Å². The maximum absolute atomic E-state index is 13.4. The number of rotatable bonds is 5. The molecule has 1 saturated carbocycles. The van der Waals surface area contributed by atoms with Crippen LogP contribution in [-0.2, 0) is 10.2 Å². The molecule has 1 aliphatic heterocycles. The number of piperidine rings is 1. The topological polar surface area (TPSA) is 64.5 Å². The lowest BCUT2D eigenvalue weighted by atomic mass is 9.92. The third-order valence-corrected chi connectivity index (χ3v) is 5.51. The normalized spacial score (nSPS) is 20.8. The fourth-order valence-corrected chi connectivity index (χ4v) is 3.89. The summed E-state index contributed by atoms with van der Waals surface area (Å²) >= 11 is 5.82. The highest BCUT2D eigenvalue weighted by Gasteiger charge is 2.54. The number of amides is 1. The summed E-state index contributed by atoms with van der Waals surface area (Å²) in [5, 5.41) is 0.468. The lowest BCUT2D eigenvalue weighted by Gasteiger charge is -2.35. The third kappa shape index (κ3) is 3.58. The molecule has 2 fully saturated rings. The van der Waals surface area contributed by atoms with E-state index in [-0.39, 0.29) is 12.0 Å². The van der Waals surface area contributed by atoms with E-state index in [1.165, 1.54) is 12.4 Å². The molecule has 0 N–H and O–H groups in total. The van der Waals surface area contributed by atoms with Crippen LogP contribution in [0.3, 0.4) is 0 Å². The number of carbonyl (C=O) groups excluding carboxylic acids is 1. The predicted molar refractivity (Wildman–Crippen MR) is 101 cm³/mol. The van der Waals surface area contributed by atoms with E-state index in [0.717, 1.165) is 43.5 Å². The number of carbonyl (C=O) groups is 1. The van der Waals surface area contributed by atoms with Crippen molar-refractivity contribution in [1.82, 2.24) is 14.9 Å². The molecule has 1 aromatic heterocycles. The Morgan fingerprint density at radius 3 is 2.70 bits per heavy atom. The molecule has 142 valence electrons. The molecule has 1 amide bonds. The third-order valence-electron chi connectivity index (χ3n) is 5.32. The molecular formula is C20H22ClN3O3. The number of benzene rings is 1. The number of hydrogen-bond donors (Lipinski definition) is 0. The molecule has 6 nitrogen and oxygen atoms in total. The number of methoxy groups -OCH3 is 1. The van der Waals surface area contributed by atoms with Crippen LogP contribution in [-0.4, -0.2) is 47.1 Å². The second kappa shape index (κ2) is 7.35. The van der Waals surface area contributed by atoms with Crippen LogP contribution in [0.4, 0.5) is 0 Å². The molecule has 1 atom stereocenters. The summed E-state index contributed by atoms with van der Waals surface area (Å²) in [5.41, 5.74) is 0.534. The van der Waals surface area contributed by atoms with Crippen molar-refractivity contribution >= 4 is 17.5 Å². The van der Waals surface area contributed by atoms with E-state index in [1.807, 2.05) is 29.2 Å². The fraction of sp³-hybridized carbons (Fsp3) is 0.450. The lowest BCUT2D eigenvalue weighted by Crippen LogP contribution is -2.48. The van der Waals surface area contributed by atoms with Crippen LogP contribution in [0, 0.1) is 0 Å². The predicted octanol–water partition coefficient (Wildman–Crippen LogP) is 3.24. The quantitative estimate of drug-likeness (QED) is 0.788. The van der Waals surface area contributed by atoms with Gasteiger partial charge in [0.15, 0.2) is 0 Å². The van der Waals surface area contributed by atoms with Gasteiger partial charge in [0.25, 0.3) is 0 Å². The highest BCUT2D eigenvalue weighted by molar-refractivity contribution is 6.30. The van der Waals surface area contributed by atoms with Crippen LogP contribution in [0.1, 0.15) is 31.2 Å². The van der Waals surface area contributed by atoms with Crippen molar-refractivity contribution in [3.05, 3.63) is 47.2 Å². The van der Waals surface area contributed by atoms with E-state index >= 15 is 0 Å². The van der Waals surface area contributed by atoms with Gasteiger partial charge in [0.1, 0.15) is 11.9 Å². The number of likely N-dealkylation sites (tertiary alicyclic amines) is 1. The van der Waals surface area contributed by atoms with Gasteiger partial charge >= 0.3 is 6.01 Å². The zero-order valence-corrected chi connectivity index (χ0v) is 16.0. The number of ether oxygens (including phenoxy) is 2. The first-order valence-corrected chi connectivity index (χ1v) is 9.57. The zero-order valence-electron chi connectivity index (χ0n) is 15.2. The van der Waals surface area contributed by atoms with Crippen LogP contribution in [0.25, 0.3) is 0 Å². The smallest absolute Gasteiger partial charge is 0.316 e. The van der Waals surface area contributed by atoms with E-state index in [4.69, 9.17) is 21.1 Å². The Hall–Kier alpha value is -2.34. The number of aromatic nitrogens is 2. The Morgan fingerprint density at radius 2 is 2.00 bits per heavy atom. The molecule has 7 heteroatoms. The van der Waals surface area contributed by atoms with Gasteiger partial charge in [-0.05, 0) is 31.7 Å². The molecule has 1 saturated heterocycles. The Labute approximate surface area is 163 Å². The molecule has 0 bridgehead atoms. The Bertz CT molecular complexity index is 823. The minimum absolute atomic E-state index is 0.114. The van der Waals surface area contributed by atoms with Crippen LogP contribution in [0.5, 0.6) is 11.8 Å². The molecule has 1 aromatic carbocycles. The van der Waals surface area contributed by atoms with Gasteiger partial charge in [0.05, 0.1) is 36.5 Å². The van der Waals surface area contributed by atoms with Crippen molar-refractivity contribution in [3.63, 3.8) is 0 Å². The standard InChI is InChI=1S/C20H22ClN3O3/c1-26-17-7-3-2-6-16(17)20(8-9-20)18(25)24-10-4-5-15(13-24)27-19-22-11-14(21)12-23-19/h2-3,6-7,11-12,15H,4-5,8-10,13H2,1H3. The van der Waals surface area contributed by atoms with Gasteiger partial charge in [-0.15, -0.1) is 0 Å². The molecule has 0 spiro atoms. The molecule has 4 rings (SSSR count). The molecule has 2 heterocycles. The summed E-state index contributed by atoms with van der Waals surface area (Å²) in [7, 11) is 1.65. The van der Waals surface area contributed by atoms with Crippen LogP contribution in [0.2, 0.25) is 5.02 Å². The Morgan fingerprint density at radius 1 is 1.26 bits per heavy atom. The first kappa shape index (κ1) is 18.0. The zero-order chi connectivity index (χ0) is 18.9. The van der Waals surface area contributed by atoms with Crippen LogP contribution >= 0.6 is 11.6 Å². The van der Waals surface area contributed by atoms with E-state index in [1.54, 1.807) is 7.11 Å². The molecule has 1 unspecified atom stereocenters. The highest BCUT2D eigenvalue weighted by Crippen LogP contribution is 2.52. The summed E-state index contributed by atoms with van der Waals surface area (Å²) in [6.45, 7) is 1.29. The van der Waals surface area contributed by atoms with Gasteiger partial charge in [-0.3, -0.25) is 4.79 Å². The number of nitrogens with zero attached hydrogens (tertiary/aromatic N) is 3. The van der Waals surface area contributed by atoms with Gasteiger partial charge in [-0.25, -0.2) is 9.97 Å². The van der Waals surface area contributed by atoms with Crippen molar-refractivity contribution < 1.29 is 14.3 Å². The van der Waals surface area contributed by atoms with Crippen molar-refractivity contribution in [2.75, 3.05) is 20.2 Å². The number of hydrogen-bond acceptors (Lipinski definition) is 5. The molecular weight excluding hydrogens is 366 g/mol. The van der Waals surface area contributed by atoms with Gasteiger partial charge < -0.3 is 14.4 Å². The summed E-state index contributed by atoms with van der Waals surface area (Å²) in [6, 6.07) is 8.11. The van der Waals surface area contributed by atoms with Gasteiger partial charge in [0.2, 0.25) is 5.91 Å². The average molecular weight is 388 g/mol. The largest absolute Gasteiger partial charge is 0.496 e. The second-order valence-electron chi connectivity index (χ2n) is 7.10. The van der Waals surface area contributed by atoms with Gasteiger partial charge in [-0.1, -0.05) is 29.8 Å². The minimum atomic E-state index is -0.453. The second-order valence-corrected chi connectivity index (χ2v) is 7.54. The molecule has 2 aliphatic rings. The minimum Gasteiger partial charge on any atom is -0.496 e. The lowest BCUT2D eigenvalue weighted by molar-refractivity contribution is -0.136. The summed E-state index contributed by atoms with van der Waals surface area (Å²) in [4.78, 5) is 23.5. The Kier molecular flexibility index (Phi) is 4.91. The van der Waals surface area contributed by atoms with Gasteiger partial charge in [0, 0.05) is 12.1 Å². The first-order chi connectivity index (χ1) is 13.1. The SMILES string of the molecule is COc1ccccc1C1(C(=O)N2CCCC(Oc3ncc(Cl)cn3)C2)CC1. The van der Waals surface area contributed by atoms with Gasteiger partial charge in [-0.2, -0.15) is 0 Å². The fourth-order valence-electron chi connectivity index (χ4n) is 3.80. The monoisotopic (exact) mass is 387 g/mol. The average Bonchev–Trinajstić information content (AvgIpc) is 3.51. The van der Waals surface area contributed by atoms with Crippen LogP contribution < -0.4 is 9.47 Å². The summed E-state index contributed by atoms with van der Waals surface area (Å²) in [6.07, 6.45) is 6.39.